The van der Waals surface area contributed by atoms with E-state index in [2.05, 4.69) is 29.6 Å². The second kappa shape index (κ2) is 10.9. The van der Waals surface area contributed by atoms with E-state index in [1.54, 1.807) is 4.90 Å². The molecule has 0 aromatic heterocycles. The number of carboxylic acid groups (broad SMARTS) is 1. The van der Waals surface area contributed by atoms with Gasteiger partial charge in [-0.05, 0) is 53.4 Å². The Bertz CT molecular complexity index is 1030. The molecule has 0 saturated carbocycles. The first-order chi connectivity index (χ1) is 16.8. The van der Waals surface area contributed by atoms with Crippen LogP contribution < -0.4 is 5.32 Å². The Balaban J connectivity index is 1.37. The third kappa shape index (κ3) is 5.84. The Kier molecular flexibility index (Phi) is 7.73. The van der Waals surface area contributed by atoms with Crippen LogP contribution in [0.15, 0.2) is 48.5 Å². The van der Waals surface area contributed by atoms with Gasteiger partial charge >= 0.3 is 12.1 Å². The van der Waals surface area contributed by atoms with E-state index in [-0.39, 0.29) is 36.7 Å². The van der Waals surface area contributed by atoms with Crippen molar-refractivity contribution in [3.05, 3.63) is 59.7 Å². The van der Waals surface area contributed by atoms with Gasteiger partial charge in [-0.25, -0.2) is 4.79 Å². The molecule has 2 aromatic carbocycles. The van der Waals surface area contributed by atoms with E-state index in [1.165, 1.54) is 0 Å². The highest BCUT2D eigenvalue weighted by atomic mass is 16.5. The van der Waals surface area contributed by atoms with Gasteiger partial charge in [0, 0.05) is 25.4 Å². The number of alkyl carbamates (subject to hydrolysis) is 1. The van der Waals surface area contributed by atoms with Gasteiger partial charge in [-0.3, -0.25) is 9.59 Å². The van der Waals surface area contributed by atoms with Crippen molar-refractivity contribution < 1.29 is 24.2 Å². The fourth-order valence-electron chi connectivity index (χ4n) is 5.30. The van der Waals surface area contributed by atoms with Gasteiger partial charge in [0.05, 0.1) is 0 Å². The summed E-state index contributed by atoms with van der Waals surface area (Å²) in [6.45, 7) is 5.25. The zero-order valence-corrected chi connectivity index (χ0v) is 20.4. The van der Waals surface area contributed by atoms with Crippen molar-refractivity contribution in [2.24, 2.45) is 11.8 Å². The van der Waals surface area contributed by atoms with Crippen molar-refractivity contribution in [2.75, 3.05) is 19.7 Å². The number of ether oxygens (including phenoxy) is 1. The number of hydrogen-bond donors (Lipinski definition) is 2. The Morgan fingerprint density at radius 3 is 2.11 bits per heavy atom. The van der Waals surface area contributed by atoms with Crippen LogP contribution in [0.2, 0.25) is 0 Å². The van der Waals surface area contributed by atoms with E-state index in [0.717, 1.165) is 22.3 Å². The number of nitrogens with one attached hydrogen (secondary N) is 1. The molecule has 1 aliphatic heterocycles. The molecule has 35 heavy (non-hydrogen) atoms. The van der Waals surface area contributed by atoms with Crippen molar-refractivity contribution in [1.82, 2.24) is 10.2 Å². The molecule has 4 rings (SSSR count). The zero-order chi connectivity index (χ0) is 24.9. The second-order valence-electron chi connectivity index (χ2n) is 10.0. The Hall–Kier alpha value is -3.35. The van der Waals surface area contributed by atoms with Crippen molar-refractivity contribution in [1.29, 1.82) is 0 Å². The quantitative estimate of drug-likeness (QED) is 0.576. The average Bonchev–Trinajstić information content (AvgIpc) is 3.15. The maximum atomic E-state index is 13.2. The Morgan fingerprint density at radius 2 is 1.57 bits per heavy atom. The average molecular weight is 479 g/mol. The Labute approximate surface area is 206 Å². The monoisotopic (exact) mass is 478 g/mol. The minimum absolute atomic E-state index is 0.0411. The largest absolute Gasteiger partial charge is 0.481 e. The zero-order valence-electron chi connectivity index (χ0n) is 20.4. The smallest absolute Gasteiger partial charge is 0.407 e. The van der Waals surface area contributed by atoms with Crippen molar-refractivity contribution >= 4 is 18.0 Å². The number of aliphatic carboxylic acids is 1. The number of likely N-dealkylation sites (tertiary alicyclic amines) is 1. The molecular formula is C28H34N2O5. The molecule has 2 aliphatic rings. The number of rotatable bonds is 8. The topological polar surface area (TPSA) is 95.9 Å². The molecule has 1 atom stereocenters. The summed E-state index contributed by atoms with van der Waals surface area (Å²) in [5.41, 5.74) is 4.61. The van der Waals surface area contributed by atoms with Crippen LogP contribution in [0.1, 0.15) is 56.6 Å². The normalized spacial score (nSPS) is 16.5. The number of fused-ring (bicyclic) bond motifs is 3. The molecular weight excluding hydrogens is 444 g/mol. The highest BCUT2D eigenvalue weighted by molar-refractivity contribution is 5.86. The molecule has 1 unspecified atom stereocenters. The van der Waals surface area contributed by atoms with Gasteiger partial charge in [0.25, 0.3) is 0 Å². The van der Waals surface area contributed by atoms with Crippen molar-refractivity contribution in [2.45, 2.75) is 51.5 Å². The van der Waals surface area contributed by atoms with E-state index in [1.807, 2.05) is 38.1 Å². The number of amides is 2. The fraction of sp³-hybridized carbons (Fsp3) is 0.464. The van der Waals surface area contributed by atoms with Crippen LogP contribution in [0, 0.1) is 11.8 Å². The SMILES string of the molecule is CC(C)CC(NC(=O)OCC1c2ccccc2-c2ccccc21)C(=O)N1CCC(CC(=O)O)CC1. The lowest BCUT2D eigenvalue weighted by molar-refractivity contribution is -0.139. The van der Waals surface area contributed by atoms with Gasteiger partial charge in [0.15, 0.2) is 0 Å². The molecule has 0 bridgehead atoms. The molecule has 1 heterocycles. The van der Waals surface area contributed by atoms with E-state index in [9.17, 15) is 14.4 Å². The molecule has 0 spiro atoms. The summed E-state index contributed by atoms with van der Waals surface area (Å²) in [6, 6.07) is 15.7. The van der Waals surface area contributed by atoms with Crippen molar-refractivity contribution in [3.63, 3.8) is 0 Å². The first-order valence-corrected chi connectivity index (χ1v) is 12.5. The summed E-state index contributed by atoms with van der Waals surface area (Å²) in [7, 11) is 0. The predicted molar refractivity (Wildman–Crippen MR) is 133 cm³/mol. The second-order valence-corrected chi connectivity index (χ2v) is 10.0. The first-order valence-electron chi connectivity index (χ1n) is 12.5. The summed E-state index contributed by atoms with van der Waals surface area (Å²) < 4.78 is 5.66. The van der Waals surface area contributed by atoms with Gasteiger partial charge < -0.3 is 20.1 Å². The van der Waals surface area contributed by atoms with E-state index >= 15 is 0 Å². The number of benzene rings is 2. The first kappa shape index (κ1) is 24.8. The number of carbonyl (C=O) groups excluding carboxylic acids is 2. The summed E-state index contributed by atoms with van der Waals surface area (Å²) in [4.78, 5) is 38.8. The third-order valence-electron chi connectivity index (χ3n) is 7.03. The summed E-state index contributed by atoms with van der Waals surface area (Å²) in [5, 5.41) is 11.8. The highest BCUT2D eigenvalue weighted by Crippen LogP contribution is 2.44. The predicted octanol–water partition coefficient (Wildman–Crippen LogP) is 4.65. The van der Waals surface area contributed by atoms with E-state index in [0.29, 0.717) is 32.4 Å². The van der Waals surface area contributed by atoms with Gasteiger partial charge in [-0.2, -0.15) is 0 Å². The third-order valence-corrected chi connectivity index (χ3v) is 7.03. The van der Waals surface area contributed by atoms with E-state index in [4.69, 9.17) is 9.84 Å². The fourth-order valence-corrected chi connectivity index (χ4v) is 5.30. The number of carboxylic acids is 1. The lowest BCUT2D eigenvalue weighted by Gasteiger charge is -2.34. The number of hydrogen-bond acceptors (Lipinski definition) is 4. The lowest BCUT2D eigenvalue weighted by atomic mass is 9.92. The summed E-state index contributed by atoms with van der Waals surface area (Å²) in [5.74, 6) is -0.663. The molecule has 1 aliphatic carbocycles. The van der Waals surface area contributed by atoms with Crippen LogP contribution in [-0.2, 0) is 14.3 Å². The van der Waals surface area contributed by atoms with Gasteiger partial charge in [0.2, 0.25) is 5.91 Å². The van der Waals surface area contributed by atoms with Crippen LogP contribution in [-0.4, -0.2) is 53.7 Å². The molecule has 7 heteroatoms. The summed E-state index contributed by atoms with van der Waals surface area (Å²) >= 11 is 0. The van der Waals surface area contributed by atoms with E-state index < -0.39 is 18.1 Å². The molecule has 0 radical (unpaired) electrons. The molecule has 7 nitrogen and oxygen atoms in total. The lowest BCUT2D eigenvalue weighted by Crippen LogP contribution is -2.51. The Morgan fingerprint density at radius 1 is 1.00 bits per heavy atom. The molecule has 1 saturated heterocycles. The van der Waals surface area contributed by atoms with Crippen LogP contribution in [0.5, 0.6) is 0 Å². The van der Waals surface area contributed by atoms with Gasteiger partial charge in [-0.1, -0.05) is 62.4 Å². The van der Waals surface area contributed by atoms with Crippen LogP contribution >= 0.6 is 0 Å². The maximum absolute atomic E-state index is 13.2. The van der Waals surface area contributed by atoms with Crippen molar-refractivity contribution in [3.8, 4) is 11.1 Å². The van der Waals surface area contributed by atoms with Gasteiger partial charge in [0.1, 0.15) is 12.6 Å². The number of carbonyl (C=O) groups is 3. The maximum Gasteiger partial charge on any atom is 0.407 e. The molecule has 186 valence electrons. The van der Waals surface area contributed by atoms with Crippen LogP contribution in [0.3, 0.4) is 0 Å². The van der Waals surface area contributed by atoms with Gasteiger partial charge in [-0.15, -0.1) is 0 Å². The minimum Gasteiger partial charge on any atom is -0.481 e. The molecule has 2 N–H and O–H groups in total. The number of nitrogens with zero attached hydrogens (tertiary/aromatic N) is 1. The van der Waals surface area contributed by atoms with Crippen LogP contribution in [0.25, 0.3) is 11.1 Å². The van der Waals surface area contributed by atoms with Crippen LogP contribution in [0.4, 0.5) is 4.79 Å². The number of piperidine rings is 1. The molecule has 2 aromatic rings. The highest BCUT2D eigenvalue weighted by Gasteiger charge is 2.32. The standard InChI is InChI=1S/C28H34N2O5/c1-18(2)15-25(27(33)30-13-11-19(12-14-30)16-26(31)32)29-28(34)35-17-24-22-9-5-3-7-20(22)21-8-4-6-10-23(21)24/h3-10,18-19,24-25H,11-17H2,1-2H3,(H,29,34)(H,31,32). The molecule has 2 amide bonds. The summed E-state index contributed by atoms with van der Waals surface area (Å²) in [6.07, 6.45) is 1.38. The molecule has 1 fully saturated rings. The minimum atomic E-state index is -0.801.